The summed E-state index contributed by atoms with van der Waals surface area (Å²) in [5.74, 6) is 1.47. The Hall–Kier alpha value is -1.44. The highest BCUT2D eigenvalue weighted by Crippen LogP contribution is 2.27. The lowest BCUT2D eigenvalue weighted by Gasteiger charge is -2.07. The molecule has 0 amide bonds. The van der Waals surface area contributed by atoms with E-state index < -0.39 is 0 Å². The van der Waals surface area contributed by atoms with Crippen LogP contribution in [0.3, 0.4) is 0 Å². The first-order valence-corrected chi connectivity index (χ1v) is 3.66. The van der Waals surface area contributed by atoms with Crippen molar-refractivity contribution in [1.29, 1.82) is 0 Å². The van der Waals surface area contributed by atoms with E-state index in [0.29, 0.717) is 0 Å². The molecular weight excluding hydrogens is 152 g/mol. The van der Waals surface area contributed by atoms with Crippen molar-refractivity contribution in [2.24, 2.45) is 0 Å². The largest absolute Gasteiger partial charge is 0.493 e. The number of hydrogen-bond acceptors (Lipinski definition) is 2. The van der Waals surface area contributed by atoms with Gasteiger partial charge in [-0.25, -0.2) is 0 Å². The normalized spacial score (nSPS) is 9.17. The zero-order valence-electron chi connectivity index (χ0n) is 7.33. The predicted octanol–water partition coefficient (Wildman–Crippen LogP) is 2.35. The highest BCUT2D eigenvalue weighted by Gasteiger charge is 2.01. The van der Waals surface area contributed by atoms with Gasteiger partial charge in [0.1, 0.15) is 0 Å². The molecule has 2 nitrogen and oxygen atoms in total. The van der Waals surface area contributed by atoms with Crippen LogP contribution in [0.2, 0.25) is 0 Å². The third kappa shape index (κ3) is 1.59. The van der Waals surface area contributed by atoms with Gasteiger partial charge in [0.25, 0.3) is 0 Å². The standard InChI is InChI=1S/C10H12O2/c1-4-8-5-6-9(11-2)10(7-8)12-3/h4-7H,1H2,2-3H3. The molecule has 0 saturated carbocycles. The van der Waals surface area contributed by atoms with Gasteiger partial charge >= 0.3 is 0 Å². The Labute approximate surface area is 72.4 Å². The molecule has 2 heteroatoms. The van der Waals surface area contributed by atoms with Gasteiger partial charge in [-0.1, -0.05) is 18.7 Å². The Kier molecular flexibility index (Phi) is 2.75. The second kappa shape index (κ2) is 3.81. The van der Waals surface area contributed by atoms with Gasteiger partial charge in [-0.05, 0) is 17.7 Å². The molecule has 0 radical (unpaired) electrons. The summed E-state index contributed by atoms with van der Waals surface area (Å²) in [4.78, 5) is 0. The first-order chi connectivity index (χ1) is 5.81. The quantitative estimate of drug-likeness (QED) is 0.682. The minimum Gasteiger partial charge on any atom is -0.493 e. The molecule has 0 aliphatic rings. The molecule has 0 fully saturated rings. The van der Waals surface area contributed by atoms with Gasteiger partial charge in [0.15, 0.2) is 11.5 Å². The van der Waals surface area contributed by atoms with Gasteiger partial charge in [0.2, 0.25) is 0 Å². The third-order valence-electron chi connectivity index (χ3n) is 1.64. The zero-order valence-corrected chi connectivity index (χ0v) is 7.33. The number of methoxy groups -OCH3 is 2. The lowest BCUT2D eigenvalue weighted by molar-refractivity contribution is 0.355. The summed E-state index contributed by atoms with van der Waals surface area (Å²) in [6.07, 6.45) is 1.77. The maximum Gasteiger partial charge on any atom is 0.161 e. The highest BCUT2D eigenvalue weighted by atomic mass is 16.5. The maximum absolute atomic E-state index is 5.11. The van der Waals surface area contributed by atoms with Crippen LogP contribution in [0.1, 0.15) is 5.56 Å². The molecule has 0 aliphatic heterocycles. The Balaban J connectivity index is 3.10. The van der Waals surface area contributed by atoms with E-state index in [1.807, 2.05) is 18.2 Å². The van der Waals surface area contributed by atoms with Gasteiger partial charge in [-0.2, -0.15) is 0 Å². The summed E-state index contributed by atoms with van der Waals surface area (Å²) in [7, 11) is 3.23. The van der Waals surface area contributed by atoms with Crippen molar-refractivity contribution in [2.45, 2.75) is 0 Å². The molecule has 0 bridgehead atoms. The molecular formula is C10H12O2. The molecule has 12 heavy (non-hydrogen) atoms. The van der Waals surface area contributed by atoms with Crippen LogP contribution in [0.5, 0.6) is 11.5 Å². The van der Waals surface area contributed by atoms with E-state index in [4.69, 9.17) is 9.47 Å². The molecule has 64 valence electrons. The van der Waals surface area contributed by atoms with Crippen molar-refractivity contribution in [2.75, 3.05) is 14.2 Å². The average molecular weight is 164 g/mol. The predicted molar refractivity (Wildman–Crippen MR) is 49.6 cm³/mol. The fraction of sp³-hybridized carbons (Fsp3) is 0.200. The Morgan fingerprint density at radius 2 is 1.83 bits per heavy atom. The summed E-state index contributed by atoms with van der Waals surface area (Å²) in [5.41, 5.74) is 1.02. The van der Waals surface area contributed by atoms with Crippen LogP contribution in [0, 0.1) is 0 Å². The van der Waals surface area contributed by atoms with Crippen LogP contribution in [-0.2, 0) is 0 Å². The molecule has 1 aromatic carbocycles. The van der Waals surface area contributed by atoms with Crippen LogP contribution in [0.25, 0.3) is 6.08 Å². The molecule has 0 aromatic heterocycles. The van der Waals surface area contributed by atoms with Gasteiger partial charge in [0, 0.05) is 0 Å². The van der Waals surface area contributed by atoms with Gasteiger partial charge in [0.05, 0.1) is 14.2 Å². The third-order valence-corrected chi connectivity index (χ3v) is 1.64. The molecule has 1 rings (SSSR count). The fourth-order valence-electron chi connectivity index (χ4n) is 0.980. The summed E-state index contributed by atoms with van der Waals surface area (Å²) in [5, 5.41) is 0. The first-order valence-electron chi connectivity index (χ1n) is 3.66. The minimum absolute atomic E-state index is 0.731. The van der Waals surface area contributed by atoms with Crippen molar-refractivity contribution < 1.29 is 9.47 Å². The van der Waals surface area contributed by atoms with Crippen LogP contribution >= 0.6 is 0 Å². The summed E-state index contributed by atoms with van der Waals surface area (Å²) < 4.78 is 10.2. The molecule has 0 atom stereocenters. The SMILES string of the molecule is C=Cc1ccc(OC)c(OC)c1. The van der Waals surface area contributed by atoms with E-state index in [2.05, 4.69) is 6.58 Å². The Bertz CT molecular complexity index is 279. The molecule has 1 aromatic rings. The summed E-state index contributed by atoms with van der Waals surface area (Å²) >= 11 is 0. The van der Waals surface area contributed by atoms with E-state index in [-0.39, 0.29) is 0 Å². The number of ether oxygens (including phenoxy) is 2. The summed E-state index contributed by atoms with van der Waals surface area (Å²) in [6, 6.07) is 5.66. The first kappa shape index (κ1) is 8.65. The van der Waals surface area contributed by atoms with Crippen molar-refractivity contribution in [1.82, 2.24) is 0 Å². The van der Waals surface area contributed by atoms with E-state index in [1.165, 1.54) is 0 Å². The number of benzene rings is 1. The van der Waals surface area contributed by atoms with Crippen molar-refractivity contribution >= 4 is 6.08 Å². The van der Waals surface area contributed by atoms with E-state index in [9.17, 15) is 0 Å². The topological polar surface area (TPSA) is 18.5 Å². The fourth-order valence-corrected chi connectivity index (χ4v) is 0.980. The van der Waals surface area contributed by atoms with Gasteiger partial charge in [-0.15, -0.1) is 0 Å². The van der Waals surface area contributed by atoms with Crippen LogP contribution in [0.15, 0.2) is 24.8 Å². The Morgan fingerprint density at radius 3 is 2.33 bits per heavy atom. The molecule has 0 saturated heterocycles. The van der Waals surface area contributed by atoms with Crippen LogP contribution in [-0.4, -0.2) is 14.2 Å². The molecule has 0 heterocycles. The second-order valence-electron chi connectivity index (χ2n) is 2.32. The smallest absolute Gasteiger partial charge is 0.161 e. The molecule has 0 spiro atoms. The summed E-state index contributed by atoms with van der Waals surface area (Å²) in [6.45, 7) is 3.67. The highest BCUT2D eigenvalue weighted by molar-refractivity contribution is 5.54. The zero-order chi connectivity index (χ0) is 8.97. The van der Waals surface area contributed by atoms with Crippen LogP contribution in [0.4, 0.5) is 0 Å². The van der Waals surface area contributed by atoms with Gasteiger partial charge in [-0.3, -0.25) is 0 Å². The van der Waals surface area contributed by atoms with Crippen LogP contribution < -0.4 is 9.47 Å². The van der Waals surface area contributed by atoms with Crippen molar-refractivity contribution in [3.8, 4) is 11.5 Å². The molecule has 0 aliphatic carbocycles. The molecule has 0 N–H and O–H groups in total. The lowest BCUT2D eigenvalue weighted by atomic mass is 10.2. The second-order valence-corrected chi connectivity index (χ2v) is 2.32. The lowest BCUT2D eigenvalue weighted by Crippen LogP contribution is -1.90. The Morgan fingerprint density at radius 1 is 1.17 bits per heavy atom. The number of hydrogen-bond donors (Lipinski definition) is 0. The average Bonchev–Trinajstić information content (AvgIpc) is 2.16. The van der Waals surface area contributed by atoms with E-state index in [0.717, 1.165) is 17.1 Å². The molecule has 0 unspecified atom stereocenters. The van der Waals surface area contributed by atoms with E-state index in [1.54, 1.807) is 20.3 Å². The van der Waals surface area contributed by atoms with Crippen molar-refractivity contribution in [3.63, 3.8) is 0 Å². The number of rotatable bonds is 3. The van der Waals surface area contributed by atoms with Gasteiger partial charge < -0.3 is 9.47 Å². The maximum atomic E-state index is 5.11. The minimum atomic E-state index is 0.731. The van der Waals surface area contributed by atoms with E-state index >= 15 is 0 Å². The van der Waals surface area contributed by atoms with Crippen molar-refractivity contribution in [3.05, 3.63) is 30.3 Å². The monoisotopic (exact) mass is 164 g/mol.